The Kier molecular flexibility index (Phi) is 6.55. The summed E-state index contributed by atoms with van der Waals surface area (Å²) >= 11 is 0. The van der Waals surface area contributed by atoms with E-state index < -0.39 is 0 Å². The molecule has 0 bridgehead atoms. The van der Waals surface area contributed by atoms with E-state index in [1.807, 2.05) is 63.2 Å². The predicted molar refractivity (Wildman–Crippen MR) is 108 cm³/mol. The summed E-state index contributed by atoms with van der Waals surface area (Å²) in [5, 5.41) is 7.40. The molecule has 0 atom stereocenters. The molecule has 2 heterocycles. The Bertz CT molecular complexity index is 902. The van der Waals surface area contributed by atoms with Crippen molar-refractivity contribution in [1.29, 1.82) is 0 Å². The number of hydrogen-bond acceptors (Lipinski definition) is 4. The van der Waals surface area contributed by atoms with Gasteiger partial charge < -0.3 is 10.1 Å². The first-order valence-electron chi connectivity index (χ1n) is 9.53. The fraction of sp³-hybridized carbons (Fsp3) is 0.318. The average Bonchev–Trinajstić information content (AvgIpc) is 3.17. The first kappa shape index (κ1) is 19.8. The van der Waals surface area contributed by atoms with Crippen LogP contribution in [0.25, 0.3) is 5.82 Å². The fourth-order valence-electron chi connectivity index (χ4n) is 3.00. The SMILES string of the molecule is CCOCc1ccc(CNC(=O)c2cnn(-c3ccccn3)c2C(C)C)cc1. The third-order valence-electron chi connectivity index (χ3n) is 4.41. The van der Waals surface area contributed by atoms with Crippen LogP contribution in [0.3, 0.4) is 0 Å². The number of aromatic nitrogens is 3. The molecule has 6 heteroatoms. The third-order valence-corrected chi connectivity index (χ3v) is 4.41. The summed E-state index contributed by atoms with van der Waals surface area (Å²) in [5.41, 5.74) is 3.59. The second kappa shape index (κ2) is 9.28. The maximum absolute atomic E-state index is 12.8. The molecule has 0 saturated heterocycles. The molecule has 0 fully saturated rings. The van der Waals surface area contributed by atoms with Gasteiger partial charge in [0.05, 0.1) is 24.1 Å². The summed E-state index contributed by atoms with van der Waals surface area (Å²) in [7, 11) is 0. The van der Waals surface area contributed by atoms with Crippen LogP contribution in [-0.2, 0) is 17.9 Å². The Balaban J connectivity index is 1.71. The van der Waals surface area contributed by atoms with Crippen molar-refractivity contribution in [2.75, 3.05) is 6.61 Å². The number of nitrogens with one attached hydrogen (secondary N) is 1. The topological polar surface area (TPSA) is 69.0 Å². The molecule has 1 N–H and O–H groups in total. The zero-order valence-electron chi connectivity index (χ0n) is 16.6. The molecule has 3 rings (SSSR count). The quantitative estimate of drug-likeness (QED) is 0.646. The number of benzene rings is 1. The van der Waals surface area contributed by atoms with Crippen LogP contribution in [0.15, 0.2) is 54.9 Å². The highest BCUT2D eigenvalue weighted by atomic mass is 16.5. The minimum atomic E-state index is -0.135. The molecule has 1 aromatic carbocycles. The second-order valence-electron chi connectivity index (χ2n) is 6.83. The maximum Gasteiger partial charge on any atom is 0.255 e. The van der Waals surface area contributed by atoms with Gasteiger partial charge in [-0.05, 0) is 36.1 Å². The number of pyridine rings is 1. The van der Waals surface area contributed by atoms with Crippen LogP contribution < -0.4 is 5.32 Å². The summed E-state index contributed by atoms with van der Waals surface area (Å²) in [5.74, 6) is 0.697. The lowest BCUT2D eigenvalue weighted by molar-refractivity contribution is 0.0949. The molecule has 146 valence electrons. The van der Waals surface area contributed by atoms with Gasteiger partial charge in [0, 0.05) is 19.3 Å². The van der Waals surface area contributed by atoms with E-state index >= 15 is 0 Å². The van der Waals surface area contributed by atoms with Crippen molar-refractivity contribution in [2.45, 2.75) is 39.8 Å². The highest BCUT2D eigenvalue weighted by Gasteiger charge is 2.21. The molecule has 0 radical (unpaired) electrons. The van der Waals surface area contributed by atoms with Crippen molar-refractivity contribution >= 4 is 5.91 Å². The molecule has 3 aromatic rings. The zero-order valence-corrected chi connectivity index (χ0v) is 16.6. The van der Waals surface area contributed by atoms with Gasteiger partial charge in [0.1, 0.15) is 0 Å². The van der Waals surface area contributed by atoms with Crippen LogP contribution in [0, 0.1) is 0 Å². The first-order chi connectivity index (χ1) is 13.6. The molecule has 0 aliphatic carbocycles. The summed E-state index contributed by atoms with van der Waals surface area (Å²) in [6.07, 6.45) is 3.33. The highest BCUT2D eigenvalue weighted by Crippen LogP contribution is 2.22. The Labute approximate surface area is 165 Å². The normalized spacial score (nSPS) is 11.0. The van der Waals surface area contributed by atoms with E-state index in [1.54, 1.807) is 17.1 Å². The number of carbonyl (C=O) groups excluding carboxylic acids is 1. The Morgan fingerprint density at radius 1 is 1.14 bits per heavy atom. The Morgan fingerprint density at radius 2 is 1.89 bits per heavy atom. The standard InChI is InChI=1S/C22H26N4O2/c1-4-28-15-18-10-8-17(9-11-18)13-24-22(27)19-14-25-26(21(19)16(2)3)20-7-5-6-12-23-20/h5-12,14,16H,4,13,15H2,1-3H3,(H,24,27). The molecule has 2 aromatic heterocycles. The molecular formula is C22H26N4O2. The largest absolute Gasteiger partial charge is 0.377 e. The summed E-state index contributed by atoms with van der Waals surface area (Å²) in [4.78, 5) is 17.1. The van der Waals surface area contributed by atoms with Gasteiger partial charge in [-0.15, -0.1) is 0 Å². The van der Waals surface area contributed by atoms with Crippen molar-refractivity contribution < 1.29 is 9.53 Å². The van der Waals surface area contributed by atoms with Crippen LogP contribution in [0.5, 0.6) is 0 Å². The number of ether oxygens (including phenoxy) is 1. The third kappa shape index (κ3) is 4.64. The molecule has 0 unspecified atom stereocenters. The number of rotatable bonds is 8. The lowest BCUT2D eigenvalue weighted by atomic mass is 10.1. The van der Waals surface area contributed by atoms with Crippen LogP contribution in [0.2, 0.25) is 0 Å². The molecule has 0 spiro atoms. The Hall–Kier alpha value is -2.99. The van der Waals surface area contributed by atoms with Gasteiger partial charge in [0.15, 0.2) is 5.82 Å². The van der Waals surface area contributed by atoms with Crippen LogP contribution in [0.1, 0.15) is 53.9 Å². The predicted octanol–water partition coefficient (Wildman–Crippen LogP) is 3.86. The Morgan fingerprint density at radius 3 is 2.54 bits per heavy atom. The van der Waals surface area contributed by atoms with E-state index in [0.717, 1.165) is 16.8 Å². The van der Waals surface area contributed by atoms with Crippen molar-refractivity contribution in [1.82, 2.24) is 20.1 Å². The van der Waals surface area contributed by atoms with E-state index in [4.69, 9.17) is 4.74 Å². The monoisotopic (exact) mass is 378 g/mol. The van der Waals surface area contributed by atoms with Gasteiger partial charge in [-0.1, -0.05) is 44.2 Å². The van der Waals surface area contributed by atoms with E-state index in [9.17, 15) is 4.79 Å². The van der Waals surface area contributed by atoms with Crippen LogP contribution in [-0.4, -0.2) is 27.3 Å². The molecule has 28 heavy (non-hydrogen) atoms. The molecule has 1 amide bonds. The highest BCUT2D eigenvalue weighted by molar-refractivity contribution is 5.95. The average molecular weight is 378 g/mol. The minimum absolute atomic E-state index is 0.128. The van der Waals surface area contributed by atoms with Gasteiger partial charge in [0.25, 0.3) is 5.91 Å². The lowest BCUT2D eigenvalue weighted by Crippen LogP contribution is -2.24. The molecular weight excluding hydrogens is 352 g/mol. The second-order valence-corrected chi connectivity index (χ2v) is 6.83. The fourth-order valence-corrected chi connectivity index (χ4v) is 3.00. The summed E-state index contributed by atoms with van der Waals surface area (Å²) in [6, 6.07) is 13.7. The van der Waals surface area contributed by atoms with Gasteiger partial charge in [0.2, 0.25) is 0 Å². The summed E-state index contributed by atoms with van der Waals surface area (Å²) < 4.78 is 7.14. The first-order valence-corrected chi connectivity index (χ1v) is 9.53. The van der Waals surface area contributed by atoms with E-state index in [0.29, 0.717) is 31.1 Å². The number of nitrogens with zero attached hydrogens (tertiary/aromatic N) is 3. The van der Waals surface area contributed by atoms with Crippen molar-refractivity contribution in [2.24, 2.45) is 0 Å². The molecule has 0 aliphatic heterocycles. The lowest BCUT2D eigenvalue weighted by Gasteiger charge is -2.12. The maximum atomic E-state index is 12.8. The van der Waals surface area contributed by atoms with Gasteiger partial charge in [-0.3, -0.25) is 4.79 Å². The molecule has 0 aliphatic rings. The number of amides is 1. The van der Waals surface area contributed by atoms with E-state index in [2.05, 4.69) is 15.4 Å². The number of carbonyl (C=O) groups is 1. The molecule has 0 saturated carbocycles. The van der Waals surface area contributed by atoms with E-state index in [1.165, 1.54) is 0 Å². The van der Waals surface area contributed by atoms with Crippen molar-refractivity contribution in [3.05, 3.63) is 77.2 Å². The van der Waals surface area contributed by atoms with E-state index in [-0.39, 0.29) is 11.8 Å². The van der Waals surface area contributed by atoms with Crippen LogP contribution in [0.4, 0.5) is 0 Å². The van der Waals surface area contributed by atoms with Gasteiger partial charge >= 0.3 is 0 Å². The van der Waals surface area contributed by atoms with Gasteiger partial charge in [-0.2, -0.15) is 5.10 Å². The minimum Gasteiger partial charge on any atom is -0.377 e. The van der Waals surface area contributed by atoms with Crippen molar-refractivity contribution in [3.63, 3.8) is 0 Å². The van der Waals surface area contributed by atoms with Crippen molar-refractivity contribution in [3.8, 4) is 5.82 Å². The van der Waals surface area contributed by atoms with Crippen LogP contribution >= 0.6 is 0 Å². The molecule has 6 nitrogen and oxygen atoms in total. The van der Waals surface area contributed by atoms with Gasteiger partial charge in [-0.25, -0.2) is 9.67 Å². The zero-order chi connectivity index (χ0) is 19.9. The summed E-state index contributed by atoms with van der Waals surface area (Å²) in [6.45, 7) is 7.83. The smallest absolute Gasteiger partial charge is 0.255 e. The number of hydrogen-bond donors (Lipinski definition) is 1.